The van der Waals surface area contributed by atoms with Crippen LogP contribution in [0.2, 0.25) is 0 Å². The van der Waals surface area contributed by atoms with Gasteiger partial charge < -0.3 is 10.3 Å². The highest BCUT2D eigenvalue weighted by Gasteiger charge is 2.40. The van der Waals surface area contributed by atoms with Gasteiger partial charge in [-0.15, -0.1) is 0 Å². The van der Waals surface area contributed by atoms with Crippen LogP contribution in [-0.4, -0.2) is 31.8 Å². The van der Waals surface area contributed by atoms with Crippen LogP contribution in [-0.2, 0) is 6.54 Å². The van der Waals surface area contributed by atoms with Gasteiger partial charge in [-0.3, -0.25) is 14.5 Å². The van der Waals surface area contributed by atoms with E-state index in [1.807, 2.05) is 30.3 Å². The van der Waals surface area contributed by atoms with Gasteiger partial charge >= 0.3 is 0 Å². The standard InChI is InChI=1S/C18H15N5O3/c1-9-12-13(14(19)15(20-9)16-21-10(2)22-26-16)18(25)23(17(12)24)8-11-6-4-3-5-7-11/h3-7H,8,19H2,1-2H3. The molecule has 8 heteroatoms. The first-order valence-corrected chi connectivity index (χ1v) is 7.98. The Hall–Kier alpha value is -3.55. The average Bonchev–Trinajstić information content (AvgIpc) is 3.16. The first-order valence-electron chi connectivity index (χ1n) is 7.98. The topological polar surface area (TPSA) is 115 Å². The summed E-state index contributed by atoms with van der Waals surface area (Å²) in [4.78, 5) is 35.3. The maximum atomic E-state index is 12.9. The van der Waals surface area contributed by atoms with Gasteiger partial charge in [0.1, 0.15) is 0 Å². The average molecular weight is 349 g/mol. The van der Waals surface area contributed by atoms with Crippen LogP contribution >= 0.6 is 0 Å². The molecule has 1 aromatic carbocycles. The van der Waals surface area contributed by atoms with Crippen molar-refractivity contribution in [2.75, 3.05) is 5.73 Å². The van der Waals surface area contributed by atoms with Crippen molar-refractivity contribution in [3.8, 4) is 11.6 Å². The minimum absolute atomic E-state index is 0.0724. The molecule has 2 aromatic heterocycles. The van der Waals surface area contributed by atoms with Crippen LogP contribution in [0, 0.1) is 13.8 Å². The molecule has 0 bridgehead atoms. The summed E-state index contributed by atoms with van der Waals surface area (Å²) in [6.45, 7) is 3.49. The number of pyridine rings is 1. The van der Waals surface area contributed by atoms with Crippen LogP contribution in [0.3, 0.4) is 0 Å². The summed E-state index contributed by atoms with van der Waals surface area (Å²) in [5.41, 5.74) is 8.06. The summed E-state index contributed by atoms with van der Waals surface area (Å²) in [6.07, 6.45) is 0. The zero-order valence-corrected chi connectivity index (χ0v) is 14.2. The molecule has 8 nitrogen and oxygen atoms in total. The molecule has 1 aliphatic heterocycles. The highest BCUT2D eigenvalue weighted by molar-refractivity contribution is 6.24. The van der Waals surface area contributed by atoms with Gasteiger partial charge in [0.25, 0.3) is 17.7 Å². The number of fused-ring (bicyclic) bond motifs is 1. The van der Waals surface area contributed by atoms with E-state index in [2.05, 4.69) is 15.1 Å². The lowest BCUT2D eigenvalue weighted by atomic mass is 10.0. The summed E-state index contributed by atoms with van der Waals surface area (Å²) < 4.78 is 5.12. The lowest BCUT2D eigenvalue weighted by Gasteiger charge is -2.13. The first-order chi connectivity index (χ1) is 12.5. The van der Waals surface area contributed by atoms with Crippen LogP contribution in [0.1, 0.15) is 37.8 Å². The molecule has 0 spiro atoms. The first kappa shape index (κ1) is 15.9. The quantitative estimate of drug-likeness (QED) is 0.720. The van der Waals surface area contributed by atoms with Crippen LogP contribution < -0.4 is 5.73 Å². The van der Waals surface area contributed by atoms with Gasteiger partial charge in [-0.1, -0.05) is 35.5 Å². The second-order valence-corrected chi connectivity index (χ2v) is 6.04. The second-order valence-electron chi connectivity index (χ2n) is 6.04. The molecule has 0 saturated carbocycles. The molecule has 0 unspecified atom stereocenters. The van der Waals surface area contributed by atoms with Crippen molar-refractivity contribution in [3.63, 3.8) is 0 Å². The molecular weight excluding hydrogens is 334 g/mol. The van der Waals surface area contributed by atoms with Gasteiger partial charge in [-0.05, 0) is 19.4 Å². The Morgan fingerprint density at radius 3 is 2.38 bits per heavy atom. The van der Waals surface area contributed by atoms with Crippen molar-refractivity contribution < 1.29 is 14.1 Å². The molecule has 4 rings (SSSR count). The maximum Gasteiger partial charge on any atom is 0.278 e. The Morgan fingerprint density at radius 2 is 1.73 bits per heavy atom. The molecule has 3 heterocycles. The Balaban J connectivity index is 1.80. The van der Waals surface area contributed by atoms with Crippen molar-refractivity contribution in [2.45, 2.75) is 20.4 Å². The molecule has 0 radical (unpaired) electrons. The summed E-state index contributed by atoms with van der Waals surface area (Å²) in [6, 6.07) is 9.28. The van der Waals surface area contributed by atoms with E-state index in [9.17, 15) is 9.59 Å². The van der Waals surface area contributed by atoms with Gasteiger partial charge in [0.2, 0.25) is 0 Å². The molecule has 1 aliphatic rings. The maximum absolute atomic E-state index is 12.9. The van der Waals surface area contributed by atoms with Crippen molar-refractivity contribution in [2.24, 2.45) is 0 Å². The number of aromatic nitrogens is 3. The number of amides is 2. The zero-order chi connectivity index (χ0) is 18.4. The van der Waals surface area contributed by atoms with Gasteiger partial charge in [0.15, 0.2) is 11.5 Å². The van der Waals surface area contributed by atoms with Crippen molar-refractivity contribution >= 4 is 17.5 Å². The predicted octanol–water partition coefficient (Wildman–Crippen LogP) is 2.13. The van der Waals surface area contributed by atoms with E-state index in [1.54, 1.807) is 13.8 Å². The Morgan fingerprint density at radius 1 is 1.04 bits per heavy atom. The fourth-order valence-electron chi connectivity index (χ4n) is 3.03. The number of anilines is 1. The molecular formula is C18H15N5O3. The highest BCUT2D eigenvalue weighted by Crippen LogP contribution is 2.35. The van der Waals surface area contributed by atoms with Crippen LogP contribution in [0.15, 0.2) is 34.9 Å². The third-order valence-electron chi connectivity index (χ3n) is 4.25. The lowest BCUT2D eigenvalue weighted by molar-refractivity contribution is 0.0642. The number of imide groups is 1. The lowest BCUT2D eigenvalue weighted by Crippen LogP contribution is -2.29. The number of hydrogen-bond acceptors (Lipinski definition) is 7. The molecule has 0 fully saturated rings. The van der Waals surface area contributed by atoms with Crippen molar-refractivity contribution in [1.29, 1.82) is 0 Å². The fraction of sp³-hybridized carbons (Fsp3) is 0.167. The number of rotatable bonds is 3. The van der Waals surface area contributed by atoms with E-state index in [4.69, 9.17) is 10.3 Å². The largest absolute Gasteiger partial charge is 0.396 e. The number of nitrogens with two attached hydrogens (primary N) is 1. The molecule has 130 valence electrons. The van der Waals surface area contributed by atoms with E-state index >= 15 is 0 Å². The van der Waals surface area contributed by atoms with Gasteiger partial charge in [0, 0.05) is 0 Å². The number of benzene rings is 1. The van der Waals surface area contributed by atoms with Gasteiger partial charge in [-0.2, -0.15) is 4.98 Å². The molecule has 0 atom stereocenters. The summed E-state index contributed by atoms with van der Waals surface area (Å²) in [7, 11) is 0. The predicted molar refractivity (Wildman–Crippen MR) is 92.1 cm³/mol. The van der Waals surface area contributed by atoms with Crippen molar-refractivity contribution in [1.82, 2.24) is 20.0 Å². The Bertz CT molecular complexity index is 1040. The smallest absolute Gasteiger partial charge is 0.278 e. The minimum Gasteiger partial charge on any atom is -0.396 e. The SMILES string of the molecule is Cc1noc(-c2nc(C)c3c(c2N)C(=O)N(Cc2ccccc2)C3=O)n1. The van der Waals surface area contributed by atoms with Crippen LogP contribution in [0.4, 0.5) is 5.69 Å². The minimum atomic E-state index is -0.450. The Kier molecular flexibility index (Phi) is 3.54. The van der Waals surface area contributed by atoms with E-state index in [0.717, 1.165) is 5.56 Å². The van der Waals surface area contributed by atoms with Gasteiger partial charge in [0.05, 0.1) is 29.1 Å². The number of carbonyl (C=O) groups is 2. The van der Waals surface area contributed by atoms with E-state index < -0.39 is 11.8 Å². The van der Waals surface area contributed by atoms with Crippen LogP contribution in [0.25, 0.3) is 11.6 Å². The van der Waals surface area contributed by atoms with Gasteiger partial charge in [-0.25, -0.2) is 4.98 Å². The zero-order valence-electron chi connectivity index (χ0n) is 14.2. The summed E-state index contributed by atoms with van der Waals surface area (Å²) >= 11 is 0. The number of aryl methyl sites for hydroxylation is 2. The molecule has 0 saturated heterocycles. The van der Waals surface area contributed by atoms with E-state index in [1.165, 1.54) is 4.90 Å². The second kappa shape index (κ2) is 5.76. The number of nitrogen functional groups attached to an aromatic ring is 1. The third-order valence-corrected chi connectivity index (χ3v) is 4.25. The summed E-state index contributed by atoms with van der Waals surface area (Å²) in [5, 5.41) is 3.72. The third kappa shape index (κ3) is 2.34. The number of nitrogens with zero attached hydrogens (tertiary/aromatic N) is 4. The molecule has 2 amide bonds. The van der Waals surface area contributed by atoms with Crippen LogP contribution in [0.5, 0.6) is 0 Å². The highest BCUT2D eigenvalue weighted by atomic mass is 16.5. The Labute approximate surface area is 148 Å². The fourth-order valence-corrected chi connectivity index (χ4v) is 3.03. The number of hydrogen-bond donors (Lipinski definition) is 1. The normalized spacial score (nSPS) is 13.4. The van der Waals surface area contributed by atoms with Crippen molar-refractivity contribution in [3.05, 3.63) is 58.5 Å². The molecule has 26 heavy (non-hydrogen) atoms. The molecule has 3 aromatic rings. The molecule has 0 aliphatic carbocycles. The summed E-state index contributed by atoms with van der Waals surface area (Å²) in [5.74, 6) is -0.312. The van der Waals surface area contributed by atoms with E-state index in [-0.39, 0.29) is 34.9 Å². The van der Waals surface area contributed by atoms with E-state index in [0.29, 0.717) is 11.5 Å². The monoisotopic (exact) mass is 349 g/mol. The number of carbonyl (C=O) groups excluding carboxylic acids is 2. The molecule has 2 N–H and O–H groups in total.